The Morgan fingerprint density at radius 2 is 2.07 bits per heavy atom. The maximum atomic E-state index is 12.9. The van der Waals surface area contributed by atoms with Crippen molar-refractivity contribution in [3.05, 3.63) is 57.5 Å². The largest absolute Gasteiger partial charge is 0.477 e. The number of hydrogen-bond donors (Lipinski definition) is 1. The lowest BCUT2D eigenvalue weighted by molar-refractivity contribution is -0.670. The van der Waals surface area contributed by atoms with E-state index in [2.05, 4.69) is 28.8 Å². The number of aromatic carboxylic acids is 1. The minimum Gasteiger partial charge on any atom is -0.477 e. The summed E-state index contributed by atoms with van der Waals surface area (Å²) in [6.07, 6.45) is 5.71. The molecule has 30 heavy (non-hydrogen) atoms. The highest BCUT2D eigenvalue weighted by atomic mass is 16.5. The van der Waals surface area contributed by atoms with Crippen LogP contribution in [0.15, 0.2) is 35.4 Å². The normalized spacial score (nSPS) is 17.4. The predicted octanol–water partition coefficient (Wildman–Crippen LogP) is 2.47. The first-order chi connectivity index (χ1) is 14.5. The topological polar surface area (TPSA) is 75.7 Å². The minimum atomic E-state index is -1.18. The van der Waals surface area contributed by atoms with Gasteiger partial charge in [-0.15, -0.1) is 0 Å². The van der Waals surface area contributed by atoms with E-state index in [4.69, 9.17) is 4.74 Å². The number of carboxylic acids is 1. The maximum absolute atomic E-state index is 12.9. The molecule has 152 valence electrons. The van der Waals surface area contributed by atoms with Gasteiger partial charge in [0.2, 0.25) is 5.43 Å². The van der Waals surface area contributed by atoms with Crippen LogP contribution in [0.2, 0.25) is 0 Å². The molecular formula is C23H22N3O4+. The van der Waals surface area contributed by atoms with Gasteiger partial charge in [0.05, 0.1) is 32.0 Å². The first kappa shape index (κ1) is 17.7. The van der Waals surface area contributed by atoms with Crippen molar-refractivity contribution in [2.45, 2.75) is 38.6 Å². The molecule has 1 aromatic carbocycles. The van der Waals surface area contributed by atoms with E-state index >= 15 is 0 Å². The van der Waals surface area contributed by atoms with E-state index in [0.29, 0.717) is 18.6 Å². The van der Waals surface area contributed by atoms with Crippen LogP contribution in [-0.2, 0) is 24.5 Å². The van der Waals surface area contributed by atoms with Crippen molar-refractivity contribution in [1.82, 2.24) is 4.57 Å². The number of carbonyl (C=O) groups is 1. The van der Waals surface area contributed by atoms with Crippen molar-refractivity contribution >= 4 is 22.7 Å². The molecule has 6 rings (SSSR count). The number of carboxylic acid groups (broad SMARTS) is 1. The molecular weight excluding hydrogens is 382 g/mol. The van der Waals surface area contributed by atoms with Gasteiger partial charge in [-0.05, 0) is 30.0 Å². The molecule has 1 aliphatic carbocycles. The second-order valence-electron chi connectivity index (χ2n) is 8.48. The van der Waals surface area contributed by atoms with Crippen molar-refractivity contribution < 1.29 is 19.2 Å². The number of ether oxygens (including phenoxy) is 1. The molecule has 3 aliphatic rings. The summed E-state index contributed by atoms with van der Waals surface area (Å²) in [6, 6.07) is 6.19. The lowest BCUT2D eigenvalue weighted by Crippen LogP contribution is -2.31. The van der Waals surface area contributed by atoms with Gasteiger partial charge in [-0.2, -0.15) is 0 Å². The van der Waals surface area contributed by atoms with Crippen molar-refractivity contribution in [3.63, 3.8) is 0 Å². The summed E-state index contributed by atoms with van der Waals surface area (Å²) in [5.74, 6) is 0.00602. The van der Waals surface area contributed by atoms with E-state index < -0.39 is 11.4 Å². The van der Waals surface area contributed by atoms with Crippen molar-refractivity contribution in [1.29, 1.82) is 0 Å². The van der Waals surface area contributed by atoms with E-state index in [-0.39, 0.29) is 11.6 Å². The quantitative estimate of drug-likeness (QED) is 0.664. The van der Waals surface area contributed by atoms with E-state index in [1.54, 1.807) is 6.07 Å². The number of aromatic nitrogens is 2. The van der Waals surface area contributed by atoms with Crippen molar-refractivity contribution in [2.24, 2.45) is 0 Å². The summed E-state index contributed by atoms with van der Waals surface area (Å²) in [6.45, 7) is 2.82. The number of rotatable bonds is 2. The average Bonchev–Trinajstić information content (AvgIpc) is 3.53. The molecule has 0 amide bonds. The van der Waals surface area contributed by atoms with Crippen LogP contribution < -0.4 is 14.9 Å². The van der Waals surface area contributed by atoms with Gasteiger partial charge in [-0.3, -0.25) is 9.69 Å². The number of anilines is 1. The standard InChI is InChI=1S/C23H21N3O4/c1-24-6-7-25-9-17-13(8-20(24)25)11-30-12-19-15(17)4-5-16-21(19)26(14-2-3-14)10-18(22(16)27)23(28)29/h4-5,8-10,14H,2-3,6-7,11-12H2,1H3/p+1. The van der Waals surface area contributed by atoms with Gasteiger partial charge in [0.15, 0.2) is 0 Å². The number of pyridine rings is 2. The van der Waals surface area contributed by atoms with Crippen LogP contribution in [0.1, 0.15) is 40.4 Å². The first-order valence-electron chi connectivity index (χ1n) is 10.3. The number of hydrogen-bond acceptors (Lipinski definition) is 4. The molecule has 0 bridgehead atoms. The van der Waals surface area contributed by atoms with E-state index in [1.807, 2.05) is 10.6 Å². The molecule has 1 saturated carbocycles. The summed E-state index contributed by atoms with van der Waals surface area (Å²) in [4.78, 5) is 26.8. The highest BCUT2D eigenvalue weighted by molar-refractivity contribution is 5.96. The molecule has 2 aromatic heterocycles. The second kappa shape index (κ2) is 6.15. The third kappa shape index (κ3) is 2.45. The molecule has 0 spiro atoms. The summed E-state index contributed by atoms with van der Waals surface area (Å²) < 4.78 is 10.3. The summed E-state index contributed by atoms with van der Waals surface area (Å²) in [5, 5.41) is 9.99. The second-order valence-corrected chi connectivity index (χ2v) is 8.48. The maximum Gasteiger partial charge on any atom is 0.341 e. The summed E-state index contributed by atoms with van der Waals surface area (Å²) in [5.41, 5.74) is 4.53. The van der Waals surface area contributed by atoms with Gasteiger partial charge < -0.3 is 14.4 Å². The fourth-order valence-electron chi connectivity index (χ4n) is 4.84. The molecule has 0 atom stereocenters. The SMILES string of the molecule is CN1CC[n+]2cc3c(cc21)COCc1c-3ccc2c(=O)c(C(=O)O)cn(C3CC3)c12. The predicted molar refractivity (Wildman–Crippen MR) is 111 cm³/mol. The molecule has 2 aliphatic heterocycles. The molecule has 3 aromatic rings. The van der Waals surface area contributed by atoms with Gasteiger partial charge in [-0.1, -0.05) is 6.07 Å². The number of likely N-dealkylation sites (N-methyl/N-ethyl adjacent to an activating group) is 1. The molecule has 4 heterocycles. The molecule has 0 radical (unpaired) electrons. The van der Waals surface area contributed by atoms with Gasteiger partial charge in [0.25, 0.3) is 5.82 Å². The zero-order valence-electron chi connectivity index (χ0n) is 16.7. The Kier molecular flexibility index (Phi) is 3.62. The molecule has 0 unspecified atom stereocenters. The zero-order chi connectivity index (χ0) is 20.6. The van der Waals surface area contributed by atoms with Crippen molar-refractivity contribution in [3.8, 4) is 11.1 Å². The highest BCUT2D eigenvalue weighted by Gasteiger charge is 2.31. The Bertz CT molecular complexity index is 1310. The summed E-state index contributed by atoms with van der Waals surface area (Å²) in [7, 11) is 2.10. The van der Waals surface area contributed by atoms with Crippen LogP contribution in [0, 0.1) is 0 Å². The van der Waals surface area contributed by atoms with Gasteiger partial charge in [0.1, 0.15) is 18.7 Å². The van der Waals surface area contributed by atoms with Crippen LogP contribution in [-0.4, -0.2) is 29.2 Å². The van der Waals surface area contributed by atoms with Gasteiger partial charge >= 0.3 is 5.97 Å². The average molecular weight is 404 g/mol. The third-order valence-corrected chi connectivity index (χ3v) is 6.56. The van der Waals surface area contributed by atoms with E-state index in [1.165, 1.54) is 12.0 Å². The van der Waals surface area contributed by atoms with E-state index in [9.17, 15) is 14.7 Å². The van der Waals surface area contributed by atoms with Crippen LogP contribution in [0.5, 0.6) is 0 Å². The minimum absolute atomic E-state index is 0.166. The lowest BCUT2D eigenvalue weighted by Gasteiger charge is -2.17. The van der Waals surface area contributed by atoms with Crippen LogP contribution in [0.3, 0.4) is 0 Å². The first-order valence-corrected chi connectivity index (χ1v) is 10.3. The van der Waals surface area contributed by atoms with Crippen LogP contribution >= 0.6 is 0 Å². The Hall–Kier alpha value is -3.19. The smallest absolute Gasteiger partial charge is 0.341 e. The zero-order valence-corrected chi connectivity index (χ0v) is 16.7. The molecule has 0 saturated heterocycles. The number of nitrogens with zero attached hydrogens (tertiary/aromatic N) is 3. The molecule has 7 heteroatoms. The molecule has 1 fully saturated rings. The van der Waals surface area contributed by atoms with Gasteiger partial charge in [0, 0.05) is 34.8 Å². The Morgan fingerprint density at radius 1 is 1.23 bits per heavy atom. The highest BCUT2D eigenvalue weighted by Crippen LogP contribution is 2.41. The third-order valence-electron chi connectivity index (χ3n) is 6.56. The molecule has 7 nitrogen and oxygen atoms in total. The molecule has 1 N–H and O–H groups in total. The van der Waals surface area contributed by atoms with Crippen LogP contribution in [0.4, 0.5) is 5.82 Å². The Balaban J connectivity index is 1.67. The summed E-state index contributed by atoms with van der Waals surface area (Å²) >= 11 is 0. The van der Waals surface area contributed by atoms with Crippen LogP contribution in [0.25, 0.3) is 22.0 Å². The Morgan fingerprint density at radius 3 is 2.83 bits per heavy atom. The van der Waals surface area contributed by atoms with E-state index in [0.717, 1.165) is 53.7 Å². The number of fused-ring (bicyclic) bond motifs is 6. The monoisotopic (exact) mass is 404 g/mol. The number of benzene rings is 1. The Labute approximate surface area is 172 Å². The fraction of sp³-hybridized carbons (Fsp3) is 0.348. The lowest BCUT2D eigenvalue weighted by atomic mass is 9.95. The van der Waals surface area contributed by atoms with Gasteiger partial charge in [-0.25, -0.2) is 9.36 Å². The fourth-order valence-corrected chi connectivity index (χ4v) is 4.84. The van der Waals surface area contributed by atoms with Crippen molar-refractivity contribution in [2.75, 3.05) is 18.5 Å².